The van der Waals surface area contributed by atoms with Crippen LogP contribution in [0.1, 0.15) is 17.4 Å². The minimum Gasteiger partial charge on any atom is -0.467 e. The van der Waals surface area contributed by atoms with Crippen LogP contribution in [-0.4, -0.2) is 0 Å². The first kappa shape index (κ1) is 11.0. The molecule has 2 aromatic rings. The Morgan fingerprint density at radius 1 is 1.31 bits per heavy atom. The number of furan rings is 1. The number of rotatable bonds is 3. The van der Waals surface area contributed by atoms with Gasteiger partial charge in [0.05, 0.1) is 6.26 Å². The first-order valence-electron chi connectivity index (χ1n) is 4.77. The Bertz CT molecular complexity index is 470. The summed E-state index contributed by atoms with van der Waals surface area (Å²) in [5.41, 5.74) is 9.96. The van der Waals surface area contributed by atoms with Crippen LogP contribution in [0.25, 0.3) is 0 Å². The third-order valence-electron chi connectivity index (χ3n) is 2.35. The van der Waals surface area contributed by atoms with Crippen LogP contribution in [0.2, 0.25) is 5.02 Å². The first-order chi connectivity index (χ1) is 7.72. The van der Waals surface area contributed by atoms with E-state index < -0.39 is 0 Å². The largest absolute Gasteiger partial charge is 0.467 e. The molecule has 4 nitrogen and oxygen atoms in total. The summed E-state index contributed by atoms with van der Waals surface area (Å²) >= 11 is 5.83. The van der Waals surface area contributed by atoms with Crippen LogP contribution in [0.15, 0.2) is 41.0 Å². The maximum Gasteiger partial charge on any atom is 0.126 e. The second kappa shape index (κ2) is 4.57. The molecule has 0 radical (unpaired) electrons. The Hall–Kier alpha value is -1.49. The molecule has 0 aliphatic rings. The second-order valence-electron chi connectivity index (χ2n) is 3.39. The van der Waals surface area contributed by atoms with Gasteiger partial charge in [-0.15, -0.1) is 0 Å². The fourth-order valence-electron chi connectivity index (χ4n) is 1.59. The zero-order valence-electron chi connectivity index (χ0n) is 8.48. The molecule has 0 saturated heterocycles. The van der Waals surface area contributed by atoms with E-state index >= 15 is 0 Å². The first-order valence-corrected chi connectivity index (χ1v) is 5.14. The van der Waals surface area contributed by atoms with E-state index in [9.17, 15) is 0 Å². The molecule has 16 heavy (non-hydrogen) atoms. The number of anilines is 1. The number of nitrogens with one attached hydrogen (secondary N) is 1. The highest BCUT2D eigenvalue weighted by molar-refractivity contribution is 6.30. The molecule has 0 bridgehead atoms. The van der Waals surface area contributed by atoms with Crippen molar-refractivity contribution in [3.8, 4) is 0 Å². The SMILES string of the molecule is NNC(c1ccco1)c1ccc(Cl)cc1N. The molecule has 0 aliphatic heterocycles. The predicted molar refractivity (Wildman–Crippen MR) is 63.7 cm³/mol. The van der Waals surface area contributed by atoms with Gasteiger partial charge in [-0.3, -0.25) is 5.84 Å². The third-order valence-corrected chi connectivity index (χ3v) is 2.59. The normalized spacial score (nSPS) is 12.6. The van der Waals surface area contributed by atoms with Crippen molar-refractivity contribution in [2.75, 3.05) is 5.73 Å². The molecule has 5 heteroatoms. The molecule has 0 amide bonds. The molecule has 1 aromatic carbocycles. The van der Waals surface area contributed by atoms with E-state index in [2.05, 4.69) is 5.43 Å². The molecule has 0 fully saturated rings. The summed E-state index contributed by atoms with van der Waals surface area (Å²) in [5, 5.41) is 0.594. The quantitative estimate of drug-likeness (QED) is 0.434. The molecule has 1 unspecified atom stereocenters. The summed E-state index contributed by atoms with van der Waals surface area (Å²) in [6, 6.07) is 8.63. The Labute approximate surface area is 98.2 Å². The van der Waals surface area contributed by atoms with Crippen LogP contribution in [0.4, 0.5) is 5.69 Å². The summed E-state index contributed by atoms with van der Waals surface area (Å²) in [7, 11) is 0. The number of nitrogen functional groups attached to an aromatic ring is 1. The van der Waals surface area contributed by atoms with Crippen LogP contribution in [0.5, 0.6) is 0 Å². The molecule has 0 saturated carbocycles. The molecular formula is C11H12ClN3O. The molecule has 0 spiro atoms. The summed E-state index contributed by atoms with van der Waals surface area (Å²) in [5.74, 6) is 6.21. The van der Waals surface area contributed by atoms with E-state index in [1.54, 1.807) is 24.5 Å². The van der Waals surface area contributed by atoms with Gasteiger partial charge in [0.15, 0.2) is 0 Å². The lowest BCUT2D eigenvalue weighted by atomic mass is 10.0. The molecular weight excluding hydrogens is 226 g/mol. The van der Waals surface area contributed by atoms with Gasteiger partial charge < -0.3 is 10.2 Å². The smallest absolute Gasteiger partial charge is 0.126 e. The van der Waals surface area contributed by atoms with Gasteiger partial charge in [-0.1, -0.05) is 17.7 Å². The van der Waals surface area contributed by atoms with Gasteiger partial charge >= 0.3 is 0 Å². The van der Waals surface area contributed by atoms with E-state index in [0.29, 0.717) is 16.5 Å². The maximum atomic E-state index is 5.88. The van der Waals surface area contributed by atoms with Crippen molar-refractivity contribution in [1.29, 1.82) is 0 Å². The summed E-state index contributed by atoms with van der Waals surface area (Å²) in [6.07, 6.45) is 1.59. The van der Waals surface area contributed by atoms with E-state index in [0.717, 1.165) is 5.56 Å². The van der Waals surface area contributed by atoms with Gasteiger partial charge in [0.2, 0.25) is 0 Å². The van der Waals surface area contributed by atoms with Crippen molar-refractivity contribution in [2.45, 2.75) is 6.04 Å². The number of hydrogen-bond donors (Lipinski definition) is 3. The molecule has 2 rings (SSSR count). The van der Waals surface area contributed by atoms with Gasteiger partial charge in [-0.05, 0) is 24.3 Å². The number of hydrogen-bond acceptors (Lipinski definition) is 4. The van der Waals surface area contributed by atoms with Crippen LogP contribution in [-0.2, 0) is 0 Å². The number of halogens is 1. The van der Waals surface area contributed by atoms with Crippen molar-refractivity contribution in [1.82, 2.24) is 5.43 Å². The van der Waals surface area contributed by atoms with Crippen molar-refractivity contribution < 1.29 is 4.42 Å². The molecule has 84 valence electrons. The molecule has 1 aromatic heterocycles. The Morgan fingerprint density at radius 3 is 2.69 bits per heavy atom. The van der Waals surface area contributed by atoms with Crippen molar-refractivity contribution in [3.63, 3.8) is 0 Å². The van der Waals surface area contributed by atoms with Crippen LogP contribution in [0, 0.1) is 0 Å². The molecule has 0 aliphatic carbocycles. The average Bonchev–Trinajstić information content (AvgIpc) is 2.75. The van der Waals surface area contributed by atoms with Gasteiger partial charge in [0.1, 0.15) is 11.8 Å². The zero-order valence-corrected chi connectivity index (χ0v) is 9.24. The fourth-order valence-corrected chi connectivity index (χ4v) is 1.77. The summed E-state index contributed by atoms with van der Waals surface area (Å²) in [4.78, 5) is 0. The van der Waals surface area contributed by atoms with Crippen molar-refractivity contribution in [3.05, 3.63) is 52.9 Å². The topological polar surface area (TPSA) is 77.2 Å². The second-order valence-corrected chi connectivity index (χ2v) is 3.82. The lowest BCUT2D eigenvalue weighted by molar-refractivity contribution is 0.453. The van der Waals surface area contributed by atoms with Gasteiger partial charge in [0, 0.05) is 16.3 Å². The Morgan fingerprint density at radius 2 is 2.12 bits per heavy atom. The lowest BCUT2D eigenvalue weighted by Gasteiger charge is -2.16. The summed E-state index contributed by atoms with van der Waals surface area (Å²) in [6.45, 7) is 0. The number of nitrogens with two attached hydrogens (primary N) is 2. The highest BCUT2D eigenvalue weighted by Gasteiger charge is 2.17. The maximum absolute atomic E-state index is 5.88. The van der Waals surface area contributed by atoms with Gasteiger partial charge in [-0.2, -0.15) is 0 Å². The van der Waals surface area contributed by atoms with Crippen LogP contribution < -0.4 is 17.0 Å². The van der Waals surface area contributed by atoms with Crippen LogP contribution >= 0.6 is 11.6 Å². The van der Waals surface area contributed by atoms with Crippen LogP contribution in [0.3, 0.4) is 0 Å². The lowest BCUT2D eigenvalue weighted by Crippen LogP contribution is -2.29. The van der Waals surface area contributed by atoms with E-state index in [1.807, 2.05) is 12.1 Å². The summed E-state index contributed by atoms with van der Waals surface area (Å²) < 4.78 is 5.30. The van der Waals surface area contributed by atoms with Gasteiger partial charge in [-0.25, -0.2) is 5.43 Å². The highest BCUT2D eigenvalue weighted by atomic mass is 35.5. The molecule has 1 atom stereocenters. The molecule has 1 heterocycles. The van der Waals surface area contributed by atoms with E-state index in [1.165, 1.54) is 0 Å². The van der Waals surface area contributed by atoms with E-state index in [-0.39, 0.29) is 6.04 Å². The Balaban J connectivity index is 2.41. The van der Waals surface area contributed by atoms with Crippen molar-refractivity contribution >= 4 is 17.3 Å². The standard InChI is InChI=1S/C11H12ClN3O/c12-7-3-4-8(9(13)6-7)11(15-14)10-2-1-5-16-10/h1-6,11,15H,13-14H2. The average molecular weight is 238 g/mol. The van der Waals surface area contributed by atoms with Crippen molar-refractivity contribution in [2.24, 2.45) is 5.84 Å². The number of hydrazine groups is 1. The highest BCUT2D eigenvalue weighted by Crippen LogP contribution is 2.28. The predicted octanol–water partition coefficient (Wildman–Crippen LogP) is 2.07. The Kier molecular flexibility index (Phi) is 3.14. The monoisotopic (exact) mass is 237 g/mol. The minimum absolute atomic E-state index is 0.271. The number of benzene rings is 1. The van der Waals surface area contributed by atoms with Gasteiger partial charge in [0.25, 0.3) is 0 Å². The molecule has 5 N–H and O–H groups in total. The fraction of sp³-hybridized carbons (Fsp3) is 0.0909. The third kappa shape index (κ3) is 2.04. The zero-order chi connectivity index (χ0) is 11.5. The van der Waals surface area contributed by atoms with E-state index in [4.69, 9.17) is 27.6 Å². The minimum atomic E-state index is -0.271.